The lowest BCUT2D eigenvalue weighted by atomic mass is 9.93. The van der Waals surface area contributed by atoms with E-state index in [4.69, 9.17) is 0 Å². The molecule has 1 amide bonds. The van der Waals surface area contributed by atoms with Crippen LogP contribution in [-0.4, -0.2) is 42.2 Å². The minimum atomic E-state index is -2.49. The molecule has 0 radical (unpaired) electrons. The summed E-state index contributed by atoms with van der Waals surface area (Å²) in [6.45, 7) is 7.43. The van der Waals surface area contributed by atoms with Gasteiger partial charge in [-0.3, -0.25) is 4.79 Å². The minimum absolute atomic E-state index is 0.00295. The van der Waals surface area contributed by atoms with Crippen molar-refractivity contribution in [1.82, 2.24) is 15.5 Å². The first kappa shape index (κ1) is 18.0. The zero-order chi connectivity index (χ0) is 17.0. The summed E-state index contributed by atoms with van der Waals surface area (Å²) in [5.74, 6) is -0.0337. The number of piperidine rings is 1. The molecule has 0 unspecified atom stereocenters. The summed E-state index contributed by atoms with van der Waals surface area (Å²) in [5.41, 5.74) is -0.00295. The number of rotatable bonds is 5. The summed E-state index contributed by atoms with van der Waals surface area (Å²) >= 11 is 1.61. The van der Waals surface area contributed by atoms with Gasteiger partial charge in [-0.2, -0.15) is 0 Å². The fraction of sp³-hybridized carbons (Fsp3) is 0.800. The van der Waals surface area contributed by atoms with Gasteiger partial charge in [0.25, 0.3) is 6.43 Å². The quantitative estimate of drug-likeness (QED) is 0.891. The van der Waals surface area contributed by atoms with Crippen LogP contribution in [0.3, 0.4) is 0 Å². The molecule has 1 N–H and O–H groups in total. The summed E-state index contributed by atoms with van der Waals surface area (Å²) in [6.07, 6.45) is -0.432. The zero-order valence-electron chi connectivity index (χ0n) is 13.8. The molecule has 2 heterocycles. The van der Waals surface area contributed by atoms with Crippen LogP contribution in [0, 0.1) is 5.92 Å². The number of nitrogens with zero attached hydrogens (tertiary/aromatic N) is 3. The van der Waals surface area contributed by atoms with Crippen LogP contribution < -0.4 is 10.2 Å². The highest BCUT2D eigenvalue weighted by atomic mass is 32.1. The minimum Gasteiger partial charge on any atom is -0.350 e. The van der Waals surface area contributed by atoms with Crippen LogP contribution in [0.5, 0.6) is 0 Å². The number of alkyl halides is 2. The normalized spacial score (nSPS) is 16.9. The van der Waals surface area contributed by atoms with E-state index in [1.165, 1.54) is 0 Å². The summed E-state index contributed by atoms with van der Waals surface area (Å²) in [7, 11) is 0. The molecule has 0 spiro atoms. The largest absolute Gasteiger partial charge is 0.350 e. The van der Waals surface area contributed by atoms with Crippen molar-refractivity contribution in [2.45, 2.75) is 51.9 Å². The lowest BCUT2D eigenvalue weighted by Crippen LogP contribution is -2.36. The lowest BCUT2D eigenvalue weighted by molar-refractivity contribution is -0.122. The number of nitrogens with one attached hydrogen (secondary N) is 1. The predicted octanol–water partition coefficient (Wildman–Crippen LogP) is 2.82. The summed E-state index contributed by atoms with van der Waals surface area (Å²) in [5, 5.41) is 12.7. The van der Waals surface area contributed by atoms with E-state index in [-0.39, 0.29) is 17.2 Å². The topological polar surface area (TPSA) is 58.1 Å². The highest BCUT2D eigenvalue weighted by Crippen LogP contribution is 2.32. The standard InChI is InChI=1S/C15H24F2N4OS/c1-15(2,3)13-19-20-14(23-13)21-6-4-10(5-7-21)8-12(22)18-9-11(16)17/h10-11H,4-9H2,1-3H3,(H,18,22). The lowest BCUT2D eigenvalue weighted by Gasteiger charge is -2.31. The first-order valence-corrected chi connectivity index (χ1v) is 8.71. The summed E-state index contributed by atoms with van der Waals surface area (Å²) < 4.78 is 24.1. The Hall–Kier alpha value is -1.31. The average Bonchev–Trinajstić information content (AvgIpc) is 2.96. The van der Waals surface area contributed by atoms with Crippen molar-refractivity contribution in [3.63, 3.8) is 0 Å². The number of carbonyl (C=O) groups is 1. The molecule has 0 saturated carbocycles. The van der Waals surface area contributed by atoms with Crippen LogP contribution in [0.1, 0.15) is 45.0 Å². The van der Waals surface area contributed by atoms with E-state index in [1.807, 2.05) is 0 Å². The number of hydrogen-bond donors (Lipinski definition) is 1. The number of hydrogen-bond acceptors (Lipinski definition) is 5. The van der Waals surface area contributed by atoms with Crippen LogP contribution >= 0.6 is 11.3 Å². The SMILES string of the molecule is CC(C)(C)c1nnc(N2CCC(CC(=O)NCC(F)F)CC2)s1. The van der Waals surface area contributed by atoms with Crippen LogP contribution in [0.2, 0.25) is 0 Å². The third-order valence-corrected chi connectivity index (χ3v) is 5.28. The monoisotopic (exact) mass is 346 g/mol. The van der Waals surface area contributed by atoms with Gasteiger partial charge >= 0.3 is 0 Å². The Balaban J connectivity index is 1.80. The number of aromatic nitrogens is 2. The van der Waals surface area contributed by atoms with Gasteiger partial charge in [-0.15, -0.1) is 10.2 Å². The Kier molecular flexibility index (Phi) is 5.89. The molecule has 5 nitrogen and oxygen atoms in total. The predicted molar refractivity (Wildman–Crippen MR) is 87.2 cm³/mol. The molecular weight excluding hydrogens is 322 g/mol. The zero-order valence-corrected chi connectivity index (χ0v) is 14.6. The molecule has 1 aliphatic heterocycles. The van der Waals surface area contributed by atoms with Crippen molar-refractivity contribution in [1.29, 1.82) is 0 Å². The molecule has 0 atom stereocenters. The number of halogens is 2. The molecule has 130 valence electrons. The number of carbonyl (C=O) groups excluding carboxylic acids is 1. The van der Waals surface area contributed by atoms with Crippen LogP contribution in [0.15, 0.2) is 0 Å². The summed E-state index contributed by atoms with van der Waals surface area (Å²) in [4.78, 5) is 13.8. The van der Waals surface area contributed by atoms with E-state index in [0.29, 0.717) is 6.42 Å². The first-order chi connectivity index (χ1) is 10.8. The van der Waals surface area contributed by atoms with Crippen LogP contribution in [0.4, 0.5) is 13.9 Å². The van der Waals surface area contributed by atoms with Crippen molar-refractivity contribution >= 4 is 22.4 Å². The molecule has 1 aliphatic rings. The molecule has 8 heteroatoms. The maximum Gasteiger partial charge on any atom is 0.255 e. The van der Waals surface area contributed by atoms with Gasteiger partial charge < -0.3 is 10.2 Å². The molecular formula is C15H24F2N4OS. The molecule has 1 fully saturated rings. The second-order valence-corrected chi connectivity index (χ2v) is 7.93. The van der Waals surface area contributed by atoms with Gasteiger partial charge in [-0.25, -0.2) is 8.78 Å². The van der Waals surface area contributed by atoms with E-state index in [2.05, 4.69) is 41.2 Å². The summed E-state index contributed by atoms with van der Waals surface area (Å²) in [6, 6.07) is 0. The fourth-order valence-corrected chi connectivity index (χ4v) is 3.45. The van der Waals surface area contributed by atoms with Gasteiger partial charge in [0.05, 0.1) is 6.54 Å². The van der Waals surface area contributed by atoms with Crippen molar-refractivity contribution in [3.05, 3.63) is 5.01 Å². The molecule has 23 heavy (non-hydrogen) atoms. The Labute approximate surface area is 139 Å². The van der Waals surface area contributed by atoms with Gasteiger partial charge in [-0.1, -0.05) is 32.1 Å². The molecule has 0 aliphatic carbocycles. The van der Waals surface area contributed by atoms with Crippen LogP contribution in [-0.2, 0) is 10.2 Å². The average molecular weight is 346 g/mol. The van der Waals surface area contributed by atoms with Gasteiger partial charge in [0.15, 0.2) is 0 Å². The smallest absolute Gasteiger partial charge is 0.255 e. The van der Waals surface area contributed by atoms with E-state index in [9.17, 15) is 13.6 Å². The molecule has 1 aromatic heterocycles. The van der Waals surface area contributed by atoms with E-state index < -0.39 is 13.0 Å². The molecule has 1 aromatic rings. The van der Waals surface area contributed by atoms with E-state index >= 15 is 0 Å². The Morgan fingerprint density at radius 1 is 1.35 bits per heavy atom. The Morgan fingerprint density at radius 3 is 2.52 bits per heavy atom. The molecule has 0 aromatic carbocycles. The third-order valence-electron chi connectivity index (χ3n) is 3.87. The molecule has 2 rings (SSSR count). The number of anilines is 1. The van der Waals surface area contributed by atoms with E-state index in [1.54, 1.807) is 11.3 Å². The second-order valence-electron chi connectivity index (χ2n) is 6.97. The van der Waals surface area contributed by atoms with Crippen LogP contribution in [0.25, 0.3) is 0 Å². The maximum atomic E-state index is 12.1. The van der Waals surface area contributed by atoms with Gasteiger partial charge in [0.2, 0.25) is 11.0 Å². The van der Waals surface area contributed by atoms with Crippen molar-refractivity contribution in [3.8, 4) is 0 Å². The molecule has 0 bridgehead atoms. The fourth-order valence-electron chi connectivity index (χ4n) is 2.50. The number of amides is 1. The Bertz CT molecular complexity index is 522. The van der Waals surface area contributed by atoms with Crippen molar-refractivity contribution in [2.24, 2.45) is 5.92 Å². The Morgan fingerprint density at radius 2 is 2.00 bits per heavy atom. The van der Waals surface area contributed by atoms with Gasteiger partial charge in [-0.05, 0) is 18.8 Å². The van der Waals surface area contributed by atoms with E-state index in [0.717, 1.165) is 36.1 Å². The highest BCUT2D eigenvalue weighted by molar-refractivity contribution is 7.15. The third kappa shape index (κ3) is 5.37. The first-order valence-electron chi connectivity index (χ1n) is 7.89. The van der Waals surface area contributed by atoms with Gasteiger partial charge in [0, 0.05) is 24.9 Å². The van der Waals surface area contributed by atoms with Gasteiger partial charge in [0.1, 0.15) is 5.01 Å². The second kappa shape index (κ2) is 7.51. The van der Waals surface area contributed by atoms with Crippen molar-refractivity contribution in [2.75, 3.05) is 24.5 Å². The highest BCUT2D eigenvalue weighted by Gasteiger charge is 2.26. The molecule has 1 saturated heterocycles. The maximum absolute atomic E-state index is 12.1. The van der Waals surface area contributed by atoms with Crippen molar-refractivity contribution < 1.29 is 13.6 Å².